The fourth-order valence-corrected chi connectivity index (χ4v) is 0.976. The van der Waals surface area contributed by atoms with E-state index in [1.807, 2.05) is 6.07 Å². The minimum Gasteiger partial charge on any atom is -0.209 e. The van der Waals surface area contributed by atoms with Crippen LogP contribution >= 0.6 is 0 Å². The molecule has 1 rings (SSSR count). The van der Waals surface area contributed by atoms with Crippen LogP contribution in [0.4, 0.5) is 8.78 Å². The van der Waals surface area contributed by atoms with Crippen molar-refractivity contribution in [1.29, 1.82) is 5.26 Å². The zero-order chi connectivity index (χ0) is 7.56. The third-order valence-corrected chi connectivity index (χ3v) is 1.61. The average Bonchev–Trinajstić information content (AvgIpc) is 1.95. The standard InChI is InChI=1S/C7H7F2N/c8-6-2-1-5(4-10)3-7(6)9/h5H,1-3H2. The van der Waals surface area contributed by atoms with Crippen molar-refractivity contribution in [1.82, 2.24) is 0 Å². The maximum atomic E-state index is 12.4. The van der Waals surface area contributed by atoms with Gasteiger partial charge in [-0.2, -0.15) is 5.26 Å². The number of nitrogens with zero attached hydrogens (tertiary/aromatic N) is 1. The third kappa shape index (κ3) is 1.32. The number of hydrogen-bond acceptors (Lipinski definition) is 1. The van der Waals surface area contributed by atoms with Gasteiger partial charge in [-0.25, -0.2) is 8.78 Å². The van der Waals surface area contributed by atoms with Crippen LogP contribution in [0.3, 0.4) is 0 Å². The third-order valence-electron chi connectivity index (χ3n) is 1.61. The molecular weight excluding hydrogens is 136 g/mol. The predicted molar refractivity (Wildman–Crippen MR) is 32.2 cm³/mol. The summed E-state index contributed by atoms with van der Waals surface area (Å²) in [5, 5.41) is 8.33. The molecule has 0 aromatic rings. The Hall–Kier alpha value is -0.910. The van der Waals surface area contributed by atoms with Gasteiger partial charge in [-0.15, -0.1) is 0 Å². The average molecular weight is 143 g/mol. The van der Waals surface area contributed by atoms with Gasteiger partial charge in [-0.1, -0.05) is 0 Å². The van der Waals surface area contributed by atoms with Crippen molar-refractivity contribution in [3.8, 4) is 6.07 Å². The van der Waals surface area contributed by atoms with Crippen LogP contribution in [0.2, 0.25) is 0 Å². The molecule has 0 heterocycles. The van der Waals surface area contributed by atoms with E-state index in [1.165, 1.54) is 0 Å². The summed E-state index contributed by atoms with van der Waals surface area (Å²) >= 11 is 0. The molecule has 3 heteroatoms. The van der Waals surface area contributed by atoms with Crippen molar-refractivity contribution in [3.05, 3.63) is 11.7 Å². The van der Waals surface area contributed by atoms with E-state index in [4.69, 9.17) is 5.26 Å². The Balaban J connectivity index is 2.64. The van der Waals surface area contributed by atoms with E-state index >= 15 is 0 Å². The van der Waals surface area contributed by atoms with Crippen molar-refractivity contribution >= 4 is 0 Å². The Labute approximate surface area is 58.0 Å². The molecule has 0 aromatic heterocycles. The quantitative estimate of drug-likeness (QED) is 0.511. The highest BCUT2D eigenvalue weighted by atomic mass is 19.2. The first-order valence-electron chi connectivity index (χ1n) is 3.16. The second-order valence-corrected chi connectivity index (χ2v) is 2.38. The van der Waals surface area contributed by atoms with Gasteiger partial charge >= 0.3 is 0 Å². The molecule has 54 valence electrons. The van der Waals surface area contributed by atoms with E-state index in [1.54, 1.807) is 0 Å². The maximum absolute atomic E-state index is 12.4. The molecule has 1 unspecified atom stereocenters. The van der Waals surface area contributed by atoms with Crippen LogP contribution in [0.5, 0.6) is 0 Å². The van der Waals surface area contributed by atoms with E-state index in [-0.39, 0.29) is 18.8 Å². The molecule has 0 fully saturated rings. The first kappa shape index (κ1) is 7.20. The summed E-state index contributed by atoms with van der Waals surface area (Å²) in [6.45, 7) is 0. The molecule has 0 N–H and O–H groups in total. The van der Waals surface area contributed by atoms with E-state index in [9.17, 15) is 8.78 Å². The lowest BCUT2D eigenvalue weighted by atomic mass is 9.94. The van der Waals surface area contributed by atoms with Crippen molar-refractivity contribution < 1.29 is 8.78 Å². The molecule has 1 aliphatic rings. The Morgan fingerprint density at radius 3 is 2.60 bits per heavy atom. The van der Waals surface area contributed by atoms with E-state index in [0.29, 0.717) is 6.42 Å². The van der Waals surface area contributed by atoms with Gasteiger partial charge in [0, 0.05) is 12.8 Å². The molecule has 0 bridgehead atoms. The van der Waals surface area contributed by atoms with Crippen molar-refractivity contribution in [3.63, 3.8) is 0 Å². The molecule has 1 atom stereocenters. The van der Waals surface area contributed by atoms with Crippen LogP contribution < -0.4 is 0 Å². The number of allylic oxidation sites excluding steroid dienone is 2. The van der Waals surface area contributed by atoms with Gasteiger partial charge < -0.3 is 0 Å². The van der Waals surface area contributed by atoms with E-state index in [0.717, 1.165) is 0 Å². The Kier molecular flexibility index (Phi) is 2.00. The van der Waals surface area contributed by atoms with Gasteiger partial charge in [0.05, 0.1) is 12.0 Å². The minimum atomic E-state index is -0.738. The summed E-state index contributed by atoms with van der Waals surface area (Å²) in [6, 6.07) is 1.91. The first-order valence-corrected chi connectivity index (χ1v) is 3.16. The van der Waals surface area contributed by atoms with Gasteiger partial charge in [0.15, 0.2) is 0 Å². The highest BCUT2D eigenvalue weighted by Crippen LogP contribution is 2.30. The molecule has 0 aromatic carbocycles. The van der Waals surface area contributed by atoms with E-state index < -0.39 is 11.7 Å². The Bertz CT molecular complexity index is 202. The molecule has 0 amide bonds. The predicted octanol–water partition coefficient (Wildman–Crippen LogP) is 2.46. The van der Waals surface area contributed by atoms with Crippen LogP contribution in [0.25, 0.3) is 0 Å². The highest BCUT2D eigenvalue weighted by Gasteiger charge is 2.20. The second kappa shape index (κ2) is 2.78. The van der Waals surface area contributed by atoms with Crippen LogP contribution in [0.15, 0.2) is 11.7 Å². The van der Waals surface area contributed by atoms with E-state index in [2.05, 4.69) is 0 Å². The van der Waals surface area contributed by atoms with Crippen molar-refractivity contribution in [2.24, 2.45) is 5.92 Å². The Morgan fingerprint density at radius 2 is 2.10 bits per heavy atom. The fraction of sp³-hybridized carbons (Fsp3) is 0.571. The molecule has 0 saturated heterocycles. The van der Waals surface area contributed by atoms with Gasteiger partial charge in [0.2, 0.25) is 0 Å². The first-order chi connectivity index (χ1) is 4.74. The number of halogens is 2. The molecule has 0 radical (unpaired) electrons. The monoisotopic (exact) mass is 143 g/mol. The number of nitriles is 1. The lowest BCUT2D eigenvalue weighted by molar-refractivity contribution is 0.398. The smallest absolute Gasteiger partial charge is 0.133 e. The molecule has 1 nitrogen and oxygen atoms in total. The molecule has 10 heavy (non-hydrogen) atoms. The van der Waals surface area contributed by atoms with Crippen LogP contribution in [0.1, 0.15) is 19.3 Å². The van der Waals surface area contributed by atoms with Crippen molar-refractivity contribution in [2.75, 3.05) is 0 Å². The maximum Gasteiger partial charge on any atom is 0.133 e. The van der Waals surface area contributed by atoms with Gasteiger partial charge in [0.1, 0.15) is 11.7 Å². The van der Waals surface area contributed by atoms with Crippen LogP contribution in [-0.2, 0) is 0 Å². The highest BCUT2D eigenvalue weighted by molar-refractivity contribution is 5.08. The number of rotatable bonds is 0. The summed E-state index contributed by atoms with van der Waals surface area (Å²) in [7, 11) is 0. The van der Waals surface area contributed by atoms with Gasteiger partial charge in [0.25, 0.3) is 0 Å². The minimum absolute atomic E-state index is 0.0394. The van der Waals surface area contributed by atoms with Gasteiger partial charge in [-0.05, 0) is 6.42 Å². The van der Waals surface area contributed by atoms with Gasteiger partial charge in [-0.3, -0.25) is 0 Å². The molecule has 0 aliphatic heterocycles. The molecule has 0 saturated carbocycles. The Morgan fingerprint density at radius 1 is 1.40 bits per heavy atom. The lowest BCUT2D eigenvalue weighted by Crippen LogP contribution is -2.04. The largest absolute Gasteiger partial charge is 0.209 e. The van der Waals surface area contributed by atoms with Crippen LogP contribution in [0, 0.1) is 17.2 Å². The number of hydrogen-bond donors (Lipinski definition) is 0. The van der Waals surface area contributed by atoms with Crippen molar-refractivity contribution in [2.45, 2.75) is 19.3 Å². The molecular formula is C7H7F2N. The summed E-state index contributed by atoms with van der Waals surface area (Å²) in [6.07, 6.45) is 0.502. The summed E-state index contributed by atoms with van der Waals surface area (Å²) in [5.41, 5.74) is 0. The zero-order valence-corrected chi connectivity index (χ0v) is 5.40. The SMILES string of the molecule is N#CC1CCC(F)=C(F)C1. The lowest BCUT2D eigenvalue weighted by Gasteiger charge is -2.12. The molecule has 0 spiro atoms. The zero-order valence-electron chi connectivity index (χ0n) is 5.40. The molecule has 1 aliphatic carbocycles. The topological polar surface area (TPSA) is 23.8 Å². The van der Waals surface area contributed by atoms with Crippen LogP contribution in [-0.4, -0.2) is 0 Å². The second-order valence-electron chi connectivity index (χ2n) is 2.38. The summed E-state index contributed by atoms with van der Waals surface area (Å²) in [5.74, 6) is -1.73. The normalized spacial score (nSPS) is 26.3. The fourth-order valence-electron chi connectivity index (χ4n) is 0.976. The summed E-state index contributed by atoms with van der Waals surface area (Å²) in [4.78, 5) is 0. The summed E-state index contributed by atoms with van der Waals surface area (Å²) < 4.78 is 24.6.